The topological polar surface area (TPSA) is 162 Å². The molecule has 204 valence electrons. The molecule has 0 saturated carbocycles. The quantitative estimate of drug-likeness (QED) is 0.280. The third kappa shape index (κ3) is 5.60. The second kappa shape index (κ2) is 10.4. The fourth-order valence-corrected chi connectivity index (χ4v) is 4.78. The van der Waals surface area contributed by atoms with Crippen LogP contribution in [0.15, 0.2) is 41.1 Å². The van der Waals surface area contributed by atoms with Crippen LogP contribution in [-0.4, -0.2) is 61.4 Å². The Hall–Kier alpha value is -4.32. The highest BCUT2D eigenvalue weighted by Crippen LogP contribution is 2.35. The van der Waals surface area contributed by atoms with Crippen molar-refractivity contribution in [2.24, 2.45) is 0 Å². The van der Waals surface area contributed by atoms with Crippen molar-refractivity contribution in [1.29, 1.82) is 0 Å². The molecular formula is C27H32N8O4. The number of aliphatic hydroxyl groups is 1. The van der Waals surface area contributed by atoms with Gasteiger partial charge in [0.15, 0.2) is 11.5 Å². The Labute approximate surface area is 225 Å². The van der Waals surface area contributed by atoms with Crippen molar-refractivity contribution in [2.75, 3.05) is 18.0 Å². The number of benzene rings is 1. The Morgan fingerprint density at radius 2 is 1.90 bits per heavy atom. The van der Waals surface area contributed by atoms with Crippen molar-refractivity contribution in [2.45, 2.75) is 58.2 Å². The molecular weight excluding hydrogens is 500 g/mol. The van der Waals surface area contributed by atoms with Crippen molar-refractivity contribution in [3.63, 3.8) is 0 Å². The molecule has 1 aromatic carbocycles. The number of piperidine rings is 1. The van der Waals surface area contributed by atoms with Crippen LogP contribution in [0.3, 0.4) is 0 Å². The van der Waals surface area contributed by atoms with Gasteiger partial charge in [0.25, 0.3) is 0 Å². The molecule has 0 unspecified atom stereocenters. The summed E-state index contributed by atoms with van der Waals surface area (Å²) in [6, 6.07) is 9.76. The van der Waals surface area contributed by atoms with E-state index >= 15 is 0 Å². The molecule has 0 radical (unpaired) electrons. The molecule has 1 saturated heterocycles. The Bertz CT molecular complexity index is 1480. The fourth-order valence-electron chi connectivity index (χ4n) is 4.78. The van der Waals surface area contributed by atoms with Crippen molar-refractivity contribution in [3.8, 4) is 11.1 Å². The molecule has 0 bridgehead atoms. The van der Waals surface area contributed by atoms with Crippen LogP contribution in [0.1, 0.15) is 68.7 Å². The lowest BCUT2D eigenvalue weighted by Gasteiger charge is -2.32. The van der Waals surface area contributed by atoms with Crippen LogP contribution in [0.25, 0.3) is 22.2 Å². The summed E-state index contributed by atoms with van der Waals surface area (Å²) < 4.78 is 5.01. The summed E-state index contributed by atoms with van der Waals surface area (Å²) in [5.74, 6) is 0.171. The Kier molecular flexibility index (Phi) is 7.04. The van der Waals surface area contributed by atoms with E-state index in [0.29, 0.717) is 5.65 Å². The number of carbonyl (C=O) groups excluding carboxylic acids is 2. The molecule has 0 aliphatic carbocycles. The Morgan fingerprint density at radius 1 is 1.18 bits per heavy atom. The van der Waals surface area contributed by atoms with Gasteiger partial charge in [-0.2, -0.15) is 10.1 Å². The smallest absolute Gasteiger partial charge is 0.316 e. The second-order valence-corrected chi connectivity index (χ2v) is 10.4. The number of carbonyl (C=O) groups is 2. The summed E-state index contributed by atoms with van der Waals surface area (Å²) in [6.07, 6.45) is 3.46. The lowest BCUT2D eigenvalue weighted by molar-refractivity contribution is -0.119. The number of hydrogen-bond acceptors (Lipinski definition) is 9. The van der Waals surface area contributed by atoms with Crippen LogP contribution in [0.5, 0.6) is 0 Å². The maximum absolute atomic E-state index is 12.6. The highest BCUT2D eigenvalue weighted by Gasteiger charge is 2.27. The first-order chi connectivity index (χ1) is 18.6. The van der Waals surface area contributed by atoms with E-state index in [2.05, 4.69) is 40.9 Å². The number of hydrogen-bond donors (Lipinski definition) is 4. The van der Waals surface area contributed by atoms with Gasteiger partial charge in [-0.05, 0) is 56.4 Å². The molecule has 1 fully saturated rings. The molecule has 1 aliphatic heterocycles. The number of rotatable bonds is 7. The van der Waals surface area contributed by atoms with Gasteiger partial charge in [0.2, 0.25) is 11.7 Å². The summed E-state index contributed by atoms with van der Waals surface area (Å²) in [4.78, 5) is 34.7. The number of aromatic nitrogens is 5. The number of nitrogens with zero attached hydrogens (tertiary/aromatic N) is 5. The van der Waals surface area contributed by atoms with Gasteiger partial charge in [0.05, 0.1) is 11.4 Å². The molecule has 1 aliphatic rings. The first kappa shape index (κ1) is 26.3. The minimum Gasteiger partial charge on any atom is -0.382 e. The number of anilines is 1. The number of pyridine rings is 1. The fraction of sp³-hybridized carbons (Fsp3) is 0.407. The minimum absolute atomic E-state index is 0.00277. The summed E-state index contributed by atoms with van der Waals surface area (Å²) in [7, 11) is 0. The highest BCUT2D eigenvalue weighted by atomic mass is 16.5. The van der Waals surface area contributed by atoms with Crippen molar-refractivity contribution >= 4 is 28.7 Å². The van der Waals surface area contributed by atoms with Gasteiger partial charge in [-0.1, -0.05) is 29.4 Å². The zero-order valence-corrected chi connectivity index (χ0v) is 22.4. The van der Waals surface area contributed by atoms with Gasteiger partial charge in [-0.25, -0.2) is 4.98 Å². The van der Waals surface area contributed by atoms with E-state index in [-0.39, 0.29) is 29.7 Å². The minimum atomic E-state index is -1.31. The zero-order valence-electron chi connectivity index (χ0n) is 22.4. The molecule has 0 spiro atoms. The van der Waals surface area contributed by atoms with Gasteiger partial charge in [-0.15, -0.1) is 0 Å². The maximum atomic E-state index is 12.6. The normalized spacial score (nSPS) is 15.4. The van der Waals surface area contributed by atoms with Crippen molar-refractivity contribution < 1.29 is 19.2 Å². The van der Waals surface area contributed by atoms with Gasteiger partial charge < -0.3 is 25.2 Å². The maximum Gasteiger partial charge on any atom is 0.316 e. The second-order valence-electron chi connectivity index (χ2n) is 10.4. The van der Waals surface area contributed by atoms with Crippen LogP contribution < -0.4 is 15.5 Å². The molecule has 39 heavy (non-hydrogen) atoms. The van der Waals surface area contributed by atoms with E-state index in [1.165, 1.54) is 13.8 Å². The SMILES string of the molecule is CC(=O)NC1CCN(c2n[nH]c3nccc(-c4ccc([C@@H](C)NC(=O)c5nc(C(C)(C)O)no5)cc4)c23)CC1. The Morgan fingerprint density at radius 3 is 2.54 bits per heavy atom. The van der Waals surface area contributed by atoms with Gasteiger partial charge in [0, 0.05) is 32.3 Å². The first-order valence-electron chi connectivity index (χ1n) is 12.9. The van der Waals surface area contributed by atoms with Crippen molar-refractivity contribution in [3.05, 3.63) is 53.8 Å². The van der Waals surface area contributed by atoms with Crippen LogP contribution >= 0.6 is 0 Å². The van der Waals surface area contributed by atoms with Crippen LogP contribution in [0.4, 0.5) is 5.82 Å². The molecule has 4 heterocycles. The van der Waals surface area contributed by atoms with E-state index in [1.54, 1.807) is 13.1 Å². The summed E-state index contributed by atoms with van der Waals surface area (Å²) >= 11 is 0. The van der Waals surface area contributed by atoms with E-state index in [4.69, 9.17) is 4.52 Å². The average molecular weight is 533 g/mol. The number of aromatic amines is 1. The molecule has 5 rings (SSSR count). The molecule has 12 heteroatoms. The van der Waals surface area contributed by atoms with E-state index in [9.17, 15) is 14.7 Å². The van der Waals surface area contributed by atoms with Crippen molar-refractivity contribution in [1.82, 2.24) is 36.0 Å². The predicted octanol–water partition coefficient (Wildman–Crippen LogP) is 2.83. The van der Waals surface area contributed by atoms with E-state index < -0.39 is 11.5 Å². The highest BCUT2D eigenvalue weighted by molar-refractivity contribution is 6.00. The molecule has 2 amide bonds. The van der Waals surface area contributed by atoms with Crippen LogP contribution in [0, 0.1) is 0 Å². The van der Waals surface area contributed by atoms with Gasteiger partial charge >= 0.3 is 11.8 Å². The van der Waals surface area contributed by atoms with E-state index in [1.807, 2.05) is 37.3 Å². The largest absolute Gasteiger partial charge is 0.382 e. The summed E-state index contributed by atoms with van der Waals surface area (Å²) in [6.45, 7) is 8.02. The standard InChI is InChI=1S/C27H32N8O4/c1-15(29-24(37)25-31-26(34-39-25)27(3,4)38)17-5-7-18(8-6-17)20-9-12-28-22-21(20)23(33-32-22)35-13-10-19(11-14-35)30-16(2)36/h5-9,12,15,19,38H,10-11,13-14H2,1-4H3,(H,29,37)(H,30,36)(H,28,32,33)/t15-/m1/s1. The lowest BCUT2D eigenvalue weighted by atomic mass is 9.99. The third-order valence-corrected chi connectivity index (χ3v) is 6.88. The number of amides is 2. The summed E-state index contributed by atoms with van der Waals surface area (Å²) in [5, 5.41) is 28.1. The monoisotopic (exact) mass is 532 g/mol. The van der Waals surface area contributed by atoms with E-state index in [0.717, 1.165) is 53.8 Å². The lowest BCUT2D eigenvalue weighted by Crippen LogP contribution is -2.44. The average Bonchev–Trinajstić information content (AvgIpc) is 3.57. The molecule has 4 N–H and O–H groups in total. The molecule has 12 nitrogen and oxygen atoms in total. The molecule has 3 aromatic heterocycles. The van der Waals surface area contributed by atoms with Gasteiger partial charge in [0.1, 0.15) is 5.60 Å². The zero-order chi connectivity index (χ0) is 27.7. The number of H-pyrrole nitrogens is 1. The summed E-state index contributed by atoms with van der Waals surface area (Å²) in [5.41, 5.74) is 2.29. The number of fused-ring (bicyclic) bond motifs is 1. The number of nitrogens with one attached hydrogen (secondary N) is 3. The Balaban J connectivity index is 1.32. The third-order valence-electron chi connectivity index (χ3n) is 6.88. The molecule has 1 atom stereocenters. The van der Waals surface area contributed by atoms with Gasteiger partial charge in [-0.3, -0.25) is 14.7 Å². The van der Waals surface area contributed by atoms with Crippen LogP contribution in [-0.2, 0) is 10.4 Å². The molecule has 4 aromatic rings. The van der Waals surface area contributed by atoms with Crippen LogP contribution in [0.2, 0.25) is 0 Å². The predicted molar refractivity (Wildman–Crippen MR) is 144 cm³/mol. The first-order valence-corrected chi connectivity index (χ1v) is 12.9.